The molecule has 1 amide bonds. The predicted octanol–water partition coefficient (Wildman–Crippen LogP) is 6.13. The lowest BCUT2D eigenvalue weighted by atomic mass is 9.99. The van der Waals surface area contributed by atoms with Crippen molar-refractivity contribution in [1.82, 2.24) is 14.7 Å². The maximum atomic E-state index is 14.1. The van der Waals surface area contributed by atoms with Crippen LogP contribution in [0, 0.1) is 5.82 Å². The lowest BCUT2D eigenvalue weighted by Crippen LogP contribution is -2.46. The smallest absolute Gasteiger partial charge is 0.255 e. The molecule has 234 valence electrons. The highest BCUT2D eigenvalue weighted by Crippen LogP contribution is 2.41. The lowest BCUT2D eigenvalue weighted by Gasteiger charge is -2.36. The number of fused-ring (bicyclic) bond motifs is 1. The highest BCUT2D eigenvalue weighted by Gasteiger charge is 2.37. The van der Waals surface area contributed by atoms with E-state index >= 15 is 0 Å². The van der Waals surface area contributed by atoms with Gasteiger partial charge in [0.05, 0.1) is 20.3 Å². The van der Waals surface area contributed by atoms with Crippen molar-refractivity contribution in [3.8, 4) is 11.5 Å². The van der Waals surface area contributed by atoms with Crippen molar-refractivity contribution in [2.45, 2.75) is 57.8 Å². The van der Waals surface area contributed by atoms with E-state index in [9.17, 15) is 9.18 Å². The molecule has 2 heterocycles. The van der Waals surface area contributed by atoms with Crippen LogP contribution in [0.2, 0.25) is 0 Å². The molecule has 1 saturated carbocycles. The molecule has 1 aliphatic carbocycles. The first kappa shape index (κ1) is 30.4. The van der Waals surface area contributed by atoms with E-state index in [1.807, 2.05) is 36.4 Å². The molecule has 6 rings (SSSR count). The molecule has 0 unspecified atom stereocenters. The molecule has 3 aliphatic rings. The lowest BCUT2D eigenvalue weighted by molar-refractivity contribution is 0.0684. The first-order valence-electron chi connectivity index (χ1n) is 16.1. The Bertz CT molecular complexity index is 1440. The maximum Gasteiger partial charge on any atom is 0.255 e. The Morgan fingerprint density at radius 1 is 0.955 bits per heavy atom. The number of nitrogens with zero attached hydrogens (tertiary/aromatic N) is 4. The number of likely N-dealkylation sites (N-methyl/N-ethyl adjacent to an activating group) is 1. The number of anilines is 1. The van der Waals surface area contributed by atoms with Crippen molar-refractivity contribution in [3.05, 3.63) is 88.7 Å². The summed E-state index contributed by atoms with van der Waals surface area (Å²) in [4.78, 5) is 23.6. The number of rotatable bonds is 13. The summed E-state index contributed by atoms with van der Waals surface area (Å²) in [5, 5.41) is 0. The highest BCUT2D eigenvalue weighted by atomic mass is 19.1. The first-order chi connectivity index (χ1) is 21.5. The van der Waals surface area contributed by atoms with Crippen molar-refractivity contribution >= 4 is 11.6 Å². The van der Waals surface area contributed by atoms with Crippen molar-refractivity contribution < 1.29 is 18.7 Å². The van der Waals surface area contributed by atoms with Crippen LogP contribution in [0.25, 0.3) is 0 Å². The molecule has 2 aliphatic heterocycles. The summed E-state index contributed by atoms with van der Waals surface area (Å²) in [6.07, 6.45) is 4.17. The summed E-state index contributed by atoms with van der Waals surface area (Å²) in [6.45, 7) is 9.66. The van der Waals surface area contributed by atoms with Crippen LogP contribution >= 0.6 is 0 Å². The monoisotopic (exact) mass is 600 g/mol. The minimum Gasteiger partial charge on any atom is -0.493 e. The van der Waals surface area contributed by atoms with Gasteiger partial charge in [-0.05, 0) is 86.3 Å². The zero-order valence-electron chi connectivity index (χ0n) is 26.3. The summed E-state index contributed by atoms with van der Waals surface area (Å²) >= 11 is 0. The molecule has 1 saturated heterocycles. The molecule has 8 heteroatoms. The Hall–Kier alpha value is -3.62. The van der Waals surface area contributed by atoms with E-state index in [1.54, 1.807) is 26.4 Å². The average molecular weight is 601 g/mol. The van der Waals surface area contributed by atoms with Gasteiger partial charge in [-0.15, -0.1) is 0 Å². The number of carbonyl (C=O) groups excluding carboxylic acids is 1. The summed E-state index contributed by atoms with van der Waals surface area (Å²) in [7, 11) is 3.30. The number of piperazine rings is 1. The molecular formula is C36H45FN4O3. The van der Waals surface area contributed by atoms with Gasteiger partial charge in [0.25, 0.3) is 5.91 Å². The minimum absolute atomic E-state index is 0.0965. The molecule has 2 fully saturated rings. The molecule has 1 atom stereocenters. The quantitative estimate of drug-likeness (QED) is 0.235. The summed E-state index contributed by atoms with van der Waals surface area (Å²) < 4.78 is 24.7. The summed E-state index contributed by atoms with van der Waals surface area (Å²) in [6, 6.07) is 19.6. The third-order valence-electron chi connectivity index (χ3n) is 9.58. The zero-order valence-corrected chi connectivity index (χ0v) is 26.3. The van der Waals surface area contributed by atoms with E-state index in [-0.39, 0.29) is 17.8 Å². The zero-order chi connectivity index (χ0) is 30.6. The molecular weight excluding hydrogens is 555 g/mol. The van der Waals surface area contributed by atoms with Gasteiger partial charge >= 0.3 is 0 Å². The maximum absolute atomic E-state index is 14.1. The number of methoxy groups -OCH3 is 2. The van der Waals surface area contributed by atoms with E-state index < -0.39 is 0 Å². The molecule has 0 radical (unpaired) electrons. The van der Waals surface area contributed by atoms with Crippen LogP contribution in [0.15, 0.2) is 60.7 Å². The average Bonchev–Trinajstić information content (AvgIpc) is 3.86. The topological polar surface area (TPSA) is 48.5 Å². The molecule has 7 nitrogen and oxygen atoms in total. The van der Waals surface area contributed by atoms with Crippen LogP contribution in [0.5, 0.6) is 11.5 Å². The molecule has 0 bridgehead atoms. The summed E-state index contributed by atoms with van der Waals surface area (Å²) in [5.74, 6) is 1.25. The second-order valence-corrected chi connectivity index (χ2v) is 12.3. The number of ether oxygens (including phenoxy) is 2. The van der Waals surface area contributed by atoms with Crippen molar-refractivity contribution in [1.29, 1.82) is 0 Å². The number of hydrogen-bond acceptors (Lipinski definition) is 6. The van der Waals surface area contributed by atoms with E-state index in [4.69, 9.17) is 9.47 Å². The number of halogens is 1. The van der Waals surface area contributed by atoms with Gasteiger partial charge in [-0.1, -0.05) is 31.2 Å². The van der Waals surface area contributed by atoms with E-state index in [2.05, 4.69) is 38.7 Å². The normalized spacial score (nSPS) is 17.7. The van der Waals surface area contributed by atoms with Crippen LogP contribution < -0.4 is 14.4 Å². The van der Waals surface area contributed by atoms with Gasteiger partial charge in [-0.3, -0.25) is 9.69 Å². The van der Waals surface area contributed by atoms with Gasteiger partial charge in [0.15, 0.2) is 11.5 Å². The number of amides is 1. The third kappa shape index (κ3) is 6.57. The van der Waals surface area contributed by atoms with Crippen LogP contribution in [0.4, 0.5) is 10.1 Å². The van der Waals surface area contributed by atoms with E-state index in [1.165, 1.54) is 18.5 Å². The Morgan fingerprint density at radius 3 is 2.39 bits per heavy atom. The fraction of sp³-hybridized carbons (Fsp3) is 0.472. The fourth-order valence-corrected chi connectivity index (χ4v) is 6.90. The molecule has 0 aromatic heterocycles. The SMILES string of the molecule is CCN1CCN(c2cccc3c2CN([C@H](CCCN(Cc2ccc(F)cc2)C2CC2)c2ccc(OC)c(OC)c2)C3=O)CC1. The standard InChI is InChI=1S/C36H45FN4O3/c1-4-38-19-21-39(22-20-38)33-8-5-7-30-31(33)25-41(36(30)42)32(27-12-17-34(43-2)35(23-27)44-3)9-6-18-40(29-15-16-29)24-26-10-13-28(37)14-11-26/h5,7-8,10-14,17,23,29,32H,4,6,9,15-16,18-22,24-25H2,1-3H3/t32-/m1/s1. The van der Waals surface area contributed by atoms with Gasteiger partial charge < -0.3 is 24.2 Å². The van der Waals surface area contributed by atoms with Gasteiger partial charge in [0, 0.05) is 62.1 Å². The second kappa shape index (κ2) is 13.6. The highest BCUT2D eigenvalue weighted by molar-refractivity contribution is 6.00. The molecule has 3 aromatic carbocycles. The van der Waals surface area contributed by atoms with Crippen LogP contribution in [-0.4, -0.2) is 80.1 Å². The van der Waals surface area contributed by atoms with Gasteiger partial charge in [-0.25, -0.2) is 4.39 Å². The Labute approximate surface area is 261 Å². The van der Waals surface area contributed by atoms with Crippen molar-refractivity contribution in [2.24, 2.45) is 0 Å². The van der Waals surface area contributed by atoms with Crippen LogP contribution in [-0.2, 0) is 13.1 Å². The fourth-order valence-electron chi connectivity index (χ4n) is 6.90. The minimum atomic E-state index is -0.202. The van der Waals surface area contributed by atoms with Gasteiger partial charge in [0.1, 0.15) is 5.82 Å². The van der Waals surface area contributed by atoms with Gasteiger partial charge in [0.2, 0.25) is 0 Å². The van der Waals surface area contributed by atoms with Crippen molar-refractivity contribution in [2.75, 3.05) is 58.4 Å². The van der Waals surface area contributed by atoms with Crippen LogP contribution in [0.3, 0.4) is 0 Å². The predicted molar refractivity (Wildman–Crippen MR) is 172 cm³/mol. The number of benzene rings is 3. The number of hydrogen-bond donors (Lipinski definition) is 0. The molecule has 3 aromatic rings. The Morgan fingerprint density at radius 2 is 1.70 bits per heavy atom. The summed E-state index contributed by atoms with van der Waals surface area (Å²) in [5.41, 5.74) is 5.34. The Kier molecular flexibility index (Phi) is 9.38. The van der Waals surface area contributed by atoms with Gasteiger partial charge in [-0.2, -0.15) is 0 Å². The molecule has 0 spiro atoms. The van der Waals surface area contributed by atoms with E-state index in [0.29, 0.717) is 24.1 Å². The number of carbonyl (C=O) groups is 1. The van der Waals surface area contributed by atoms with E-state index in [0.717, 1.165) is 80.9 Å². The van der Waals surface area contributed by atoms with Crippen LogP contribution in [0.1, 0.15) is 65.7 Å². The molecule has 0 N–H and O–H groups in total. The molecule has 44 heavy (non-hydrogen) atoms. The second-order valence-electron chi connectivity index (χ2n) is 12.3. The van der Waals surface area contributed by atoms with Crippen molar-refractivity contribution in [3.63, 3.8) is 0 Å². The Balaban J connectivity index is 1.23. The third-order valence-corrected chi connectivity index (χ3v) is 9.58. The first-order valence-corrected chi connectivity index (χ1v) is 16.1. The largest absolute Gasteiger partial charge is 0.493 e.